The number of alkyl halides is 1. The average Bonchev–Trinajstić information content (AvgIpc) is 3.23. The number of likely N-dealkylation sites (tertiary alicyclic amines) is 1. The lowest BCUT2D eigenvalue weighted by Gasteiger charge is -2.41. The predicted molar refractivity (Wildman–Crippen MR) is 129 cm³/mol. The van der Waals surface area contributed by atoms with Crippen LogP contribution in [0.2, 0.25) is 0 Å². The summed E-state index contributed by atoms with van der Waals surface area (Å²) in [5, 5.41) is 16.1. The standard InChI is InChI=1S/C24H40BrN3O5/c1-12(2)14(10-29)28-18(20(31)27-23(6,7)11-22(3,4)5)24-9-13(25)17(33-24)15(19(30)26-8)16(24)21(28)32/h12-18,29H,9-11H2,1-8H3,(H,26,30)(H,27,31)/t13?,14-,15+,16-,17+,18?,24?/m0/s1. The van der Waals surface area contributed by atoms with Crippen molar-refractivity contribution in [2.24, 2.45) is 23.2 Å². The minimum Gasteiger partial charge on any atom is -0.394 e. The van der Waals surface area contributed by atoms with Crippen molar-refractivity contribution in [2.75, 3.05) is 13.7 Å². The molecular weight excluding hydrogens is 490 g/mol. The summed E-state index contributed by atoms with van der Waals surface area (Å²) in [5.74, 6) is -2.37. The van der Waals surface area contributed by atoms with Crippen LogP contribution < -0.4 is 10.6 Å². The lowest BCUT2D eigenvalue weighted by Crippen LogP contribution is -2.62. The summed E-state index contributed by atoms with van der Waals surface area (Å²) in [6.07, 6.45) is 0.707. The van der Waals surface area contributed by atoms with E-state index in [9.17, 15) is 19.5 Å². The van der Waals surface area contributed by atoms with Gasteiger partial charge in [0.25, 0.3) is 0 Å². The fourth-order valence-electron chi connectivity index (χ4n) is 6.58. The zero-order valence-electron chi connectivity index (χ0n) is 21.1. The van der Waals surface area contributed by atoms with Gasteiger partial charge >= 0.3 is 0 Å². The van der Waals surface area contributed by atoms with Gasteiger partial charge in [0.05, 0.1) is 30.6 Å². The Morgan fingerprint density at radius 3 is 2.33 bits per heavy atom. The third-order valence-corrected chi connectivity index (χ3v) is 8.12. The Balaban J connectivity index is 2.07. The molecular formula is C24H40BrN3O5. The van der Waals surface area contributed by atoms with E-state index in [1.807, 2.05) is 27.7 Å². The Hall–Kier alpha value is -1.19. The van der Waals surface area contributed by atoms with Crippen LogP contribution in [0.5, 0.6) is 0 Å². The number of halogens is 1. The van der Waals surface area contributed by atoms with E-state index < -0.39 is 41.2 Å². The van der Waals surface area contributed by atoms with Crippen LogP contribution in [0.1, 0.15) is 61.3 Å². The molecule has 3 fully saturated rings. The highest BCUT2D eigenvalue weighted by molar-refractivity contribution is 9.09. The molecule has 0 aliphatic carbocycles. The zero-order valence-corrected chi connectivity index (χ0v) is 22.7. The predicted octanol–water partition coefficient (Wildman–Crippen LogP) is 1.83. The summed E-state index contributed by atoms with van der Waals surface area (Å²) in [4.78, 5) is 42.0. The first-order valence-corrected chi connectivity index (χ1v) is 12.8. The highest BCUT2D eigenvalue weighted by atomic mass is 79.9. The van der Waals surface area contributed by atoms with Crippen molar-refractivity contribution in [2.45, 2.75) is 95.5 Å². The van der Waals surface area contributed by atoms with E-state index >= 15 is 0 Å². The molecule has 188 valence electrons. The van der Waals surface area contributed by atoms with Crippen molar-refractivity contribution in [1.29, 1.82) is 0 Å². The van der Waals surface area contributed by atoms with Gasteiger partial charge in [-0.1, -0.05) is 50.5 Å². The molecule has 3 N–H and O–H groups in total. The number of ether oxygens (including phenoxy) is 1. The van der Waals surface area contributed by atoms with Crippen LogP contribution in [-0.2, 0) is 19.1 Å². The number of aliphatic hydroxyl groups is 1. The van der Waals surface area contributed by atoms with Gasteiger partial charge in [0.2, 0.25) is 17.7 Å². The second-order valence-electron chi connectivity index (χ2n) is 12.1. The van der Waals surface area contributed by atoms with Crippen LogP contribution in [-0.4, -0.2) is 75.5 Å². The van der Waals surface area contributed by atoms with Gasteiger partial charge in [0, 0.05) is 17.4 Å². The number of carbonyl (C=O) groups is 3. The number of nitrogens with one attached hydrogen (secondary N) is 2. The molecule has 3 amide bonds. The molecule has 2 bridgehead atoms. The minimum atomic E-state index is -1.11. The summed E-state index contributed by atoms with van der Waals surface area (Å²) < 4.78 is 6.44. The van der Waals surface area contributed by atoms with E-state index in [-0.39, 0.29) is 40.5 Å². The molecule has 3 rings (SSSR count). The number of amides is 3. The zero-order chi connectivity index (χ0) is 25.1. The summed E-state index contributed by atoms with van der Waals surface area (Å²) in [7, 11) is 1.55. The lowest BCUT2D eigenvalue weighted by atomic mass is 9.70. The number of rotatable bonds is 7. The van der Waals surface area contributed by atoms with Gasteiger partial charge in [0.15, 0.2) is 0 Å². The molecule has 0 aromatic heterocycles. The third-order valence-electron chi connectivity index (χ3n) is 7.27. The van der Waals surface area contributed by atoms with Crippen LogP contribution in [0.15, 0.2) is 0 Å². The van der Waals surface area contributed by atoms with Gasteiger partial charge in [-0.15, -0.1) is 0 Å². The lowest BCUT2D eigenvalue weighted by molar-refractivity contribution is -0.147. The van der Waals surface area contributed by atoms with E-state index in [1.54, 1.807) is 7.05 Å². The van der Waals surface area contributed by atoms with Gasteiger partial charge in [-0.05, 0) is 38.0 Å². The molecule has 33 heavy (non-hydrogen) atoms. The van der Waals surface area contributed by atoms with Gasteiger partial charge in [-0.3, -0.25) is 14.4 Å². The van der Waals surface area contributed by atoms with Crippen LogP contribution >= 0.6 is 15.9 Å². The van der Waals surface area contributed by atoms with E-state index in [4.69, 9.17) is 4.74 Å². The first-order chi connectivity index (χ1) is 15.1. The summed E-state index contributed by atoms with van der Waals surface area (Å²) in [6.45, 7) is 13.9. The highest BCUT2D eigenvalue weighted by Crippen LogP contribution is 2.60. The maximum atomic E-state index is 13.9. The Morgan fingerprint density at radius 1 is 1.24 bits per heavy atom. The number of hydrogen-bond donors (Lipinski definition) is 3. The number of carbonyl (C=O) groups excluding carboxylic acids is 3. The second-order valence-corrected chi connectivity index (χ2v) is 13.3. The molecule has 0 saturated carbocycles. The van der Waals surface area contributed by atoms with Crippen LogP contribution in [0.3, 0.4) is 0 Å². The fourth-order valence-corrected chi connectivity index (χ4v) is 7.53. The monoisotopic (exact) mass is 529 g/mol. The maximum absolute atomic E-state index is 13.9. The third kappa shape index (κ3) is 4.45. The molecule has 7 atom stereocenters. The number of aliphatic hydroxyl groups excluding tert-OH is 1. The van der Waals surface area contributed by atoms with E-state index in [2.05, 4.69) is 47.3 Å². The summed E-state index contributed by atoms with van der Waals surface area (Å²) in [5.41, 5.74) is -1.64. The number of nitrogens with zero attached hydrogens (tertiary/aromatic N) is 1. The van der Waals surface area contributed by atoms with Crippen LogP contribution in [0, 0.1) is 23.2 Å². The molecule has 3 aliphatic heterocycles. The molecule has 3 heterocycles. The number of hydrogen-bond acceptors (Lipinski definition) is 5. The Kier molecular flexibility index (Phi) is 7.04. The molecule has 8 nitrogen and oxygen atoms in total. The summed E-state index contributed by atoms with van der Waals surface area (Å²) >= 11 is 3.65. The number of fused-ring (bicyclic) bond motifs is 1. The van der Waals surface area contributed by atoms with Gasteiger partial charge < -0.3 is 25.4 Å². The minimum absolute atomic E-state index is 0.0120. The van der Waals surface area contributed by atoms with Crippen molar-refractivity contribution in [1.82, 2.24) is 15.5 Å². The van der Waals surface area contributed by atoms with Gasteiger partial charge in [-0.25, -0.2) is 0 Å². The second kappa shape index (κ2) is 8.79. The smallest absolute Gasteiger partial charge is 0.246 e. The van der Waals surface area contributed by atoms with Crippen LogP contribution in [0.25, 0.3) is 0 Å². The SMILES string of the molecule is CNC(=O)[C@H]1[C@@H]2OC3(CC2Br)C(C(=O)NC(C)(C)CC(C)(C)C)N([C@@H](CO)C(C)C)C(=O)[C@H]13. The van der Waals surface area contributed by atoms with Gasteiger partial charge in [-0.2, -0.15) is 0 Å². The van der Waals surface area contributed by atoms with E-state index in [1.165, 1.54) is 4.90 Å². The largest absolute Gasteiger partial charge is 0.394 e. The van der Waals surface area contributed by atoms with Crippen molar-refractivity contribution < 1.29 is 24.2 Å². The summed E-state index contributed by atoms with van der Waals surface area (Å²) in [6, 6.07) is -1.48. The Labute approximate surface area is 205 Å². The van der Waals surface area contributed by atoms with Gasteiger partial charge in [0.1, 0.15) is 11.6 Å². The first kappa shape index (κ1) is 26.4. The molecule has 9 heteroatoms. The normalized spacial score (nSPS) is 34.6. The van der Waals surface area contributed by atoms with E-state index in [0.717, 1.165) is 6.42 Å². The molecule has 0 radical (unpaired) electrons. The fraction of sp³-hybridized carbons (Fsp3) is 0.875. The molecule has 3 aliphatic rings. The van der Waals surface area contributed by atoms with Crippen molar-refractivity contribution in [3.8, 4) is 0 Å². The Bertz CT molecular complexity index is 810. The molecule has 1 spiro atoms. The van der Waals surface area contributed by atoms with Crippen molar-refractivity contribution >= 4 is 33.7 Å². The highest BCUT2D eigenvalue weighted by Gasteiger charge is 2.77. The molecule has 3 unspecified atom stereocenters. The molecule has 0 aromatic rings. The molecule has 3 saturated heterocycles. The molecule has 0 aromatic carbocycles. The maximum Gasteiger partial charge on any atom is 0.246 e. The van der Waals surface area contributed by atoms with Crippen LogP contribution in [0.4, 0.5) is 0 Å². The van der Waals surface area contributed by atoms with E-state index in [0.29, 0.717) is 6.42 Å². The average molecular weight is 531 g/mol. The Morgan fingerprint density at radius 2 is 1.85 bits per heavy atom. The van der Waals surface area contributed by atoms with Crippen molar-refractivity contribution in [3.05, 3.63) is 0 Å². The quantitative estimate of drug-likeness (QED) is 0.436. The first-order valence-electron chi connectivity index (χ1n) is 11.9. The topological polar surface area (TPSA) is 108 Å². The van der Waals surface area contributed by atoms with Crippen molar-refractivity contribution in [3.63, 3.8) is 0 Å².